The van der Waals surface area contributed by atoms with Crippen LogP contribution < -0.4 is 0 Å². The van der Waals surface area contributed by atoms with Crippen LogP contribution in [0.4, 0.5) is 8.78 Å². The summed E-state index contributed by atoms with van der Waals surface area (Å²) >= 11 is 0. The van der Waals surface area contributed by atoms with Gasteiger partial charge in [0, 0.05) is 13.0 Å². The maximum absolute atomic E-state index is 12.0. The van der Waals surface area contributed by atoms with E-state index in [1.165, 1.54) is 4.90 Å². The molecule has 0 aromatic carbocycles. The van der Waals surface area contributed by atoms with E-state index in [1.54, 1.807) is 0 Å². The quantitative estimate of drug-likeness (QED) is 0.646. The number of aliphatic hydroxyl groups excluding tert-OH is 1. The van der Waals surface area contributed by atoms with Crippen LogP contribution in [0.15, 0.2) is 0 Å². The molecule has 0 amide bonds. The van der Waals surface area contributed by atoms with E-state index in [0.717, 1.165) is 6.42 Å². The summed E-state index contributed by atoms with van der Waals surface area (Å²) < 4.78 is 24.0. The Kier molecular flexibility index (Phi) is 7.51. The van der Waals surface area contributed by atoms with Crippen LogP contribution in [-0.4, -0.2) is 48.5 Å². The average Bonchev–Trinajstić information content (AvgIpc) is 2.03. The summed E-state index contributed by atoms with van der Waals surface area (Å²) in [5.74, 6) is -0.0541. The number of aliphatic hydroxyl groups is 1. The number of Topliss-reactive ketones (excluding diaryl/α,β-unsaturated/α-hetero) is 1. The highest BCUT2D eigenvalue weighted by atomic mass is 19.3. The van der Waals surface area contributed by atoms with E-state index in [2.05, 4.69) is 0 Å². The summed E-state index contributed by atoms with van der Waals surface area (Å²) in [6.45, 7) is 1.35. The lowest BCUT2D eigenvalue weighted by molar-refractivity contribution is -0.120. The van der Waals surface area contributed by atoms with Gasteiger partial charge in [0.2, 0.25) is 0 Å². The third-order valence-electron chi connectivity index (χ3n) is 1.74. The number of alkyl halides is 2. The average molecular weight is 209 g/mol. The van der Waals surface area contributed by atoms with E-state index < -0.39 is 13.0 Å². The molecule has 0 heterocycles. The Balaban J connectivity index is 3.88. The van der Waals surface area contributed by atoms with Crippen molar-refractivity contribution in [2.24, 2.45) is 0 Å². The molecular weight excluding hydrogens is 192 g/mol. The third kappa shape index (κ3) is 6.91. The summed E-state index contributed by atoms with van der Waals surface area (Å²) in [6, 6.07) is 0. The van der Waals surface area contributed by atoms with Crippen LogP contribution in [0, 0.1) is 0 Å². The maximum Gasteiger partial charge on any atom is 0.251 e. The Morgan fingerprint density at radius 2 is 2.14 bits per heavy atom. The number of hydrogen-bond donors (Lipinski definition) is 1. The molecule has 0 spiro atoms. The standard InChI is InChI=1S/C9H17F2NO2/c1-2-3-8(14)6-12(4-5-13)7-9(10)11/h9,13H,2-7H2,1H3. The van der Waals surface area contributed by atoms with Gasteiger partial charge in [-0.05, 0) is 6.42 Å². The lowest BCUT2D eigenvalue weighted by Gasteiger charge is -2.19. The van der Waals surface area contributed by atoms with Crippen molar-refractivity contribution >= 4 is 5.78 Å². The van der Waals surface area contributed by atoms with Gasteiger partial charge in [0.05, 0.1) is 19.7 Å². The summed E-state index contributed by atoms with van der Waals surface area (Å²) in [4.78, 5) is 12.4. The molecule has 0 aromatic rings. The lowest BCUT2D eigenvalue weighted by Crippen LogP contribution is -2.36. The first-order chi connectivity index (χ1) is 6.60. The van der Waals surface area contributed by atoms with Crippen LogP contribution >= 0.6 is 0 Å². The van der Waals surface area contributed by atoms with E-state index in [4.69, 9.17) is 5.11 Å². The number of ketones is 1. The van der Waals surface area contributed by atoms with E-state index in [0.29, 0.717) is 6.42 Å². The second-order valence-corrected chi connectivity index (χ2v) is 3.14. The fraction of sp³-hybridized carbons (Fsp3) is 0.889. The first-order valence-electron chi connectivity index (χ1n) is 4.73. The number of carbonyl (C=O) groups excluding carboxylic acids is 1. The van der Waals surface area contributed by atoms with Crippen LogP contribution in [0.2, 0.25) is 0 Å². The fourth-order valence-electron chi connectivity index (χ4n) is 1.18. The second kappa shape index (κ2) is 7.82. The number of halogens is 2. The molecule has 0 rings (SSSR count). The molecule has 0 aliphatic heterocycles. The van der Waals surface area contributed by atoms with Crippen LogP contribution in [0.3, 0.4) is 0 Å². The van der Waals surface area contributed by atoms with Crippen LogP contribution in [0.25, 0.3) is 0 Å². The van der Waals surface area contributed by atoms with E-state index >= 15 is 0 Å². The molecule has 0 bridgehead atoms. The topological polar surface area (TPSA) is 40.5 Å². The van der Waals surface area contributed by atoms with Crippen molar-refractivity contribution in [1.82, 2.24) is 4.90 Å². The fourth-order valence-corrected chi connectivity index (χ4v) is 1.18. The molecule has 0 aliphatic rings. The molecule has 0 atom stereocenters. The SMILES string of the molecule is CCCC(=O)CN(CCO)CC(F)F. The zero-order chi connectivity index (χ0) is 11.0. The van der Waals surface area contributed by atoms with Crippen LogP contribution in [0.1, 0.15) is 19.8 Å². The second-order valence-electron chi connectivity index (χ2n) is 3.14. The molecule has 0 fully saturated rings. The smallest absolute Gasteiger partial charge is 0.251 e. The molecule has 84 valence electrons. The molecular formula is C9H17F2NO2. The van der Waals surface area contributed by atoms with Gasteiger partial charge in [0.15, 0.2) is 0 Å². The predicted octanol–water partition coefficient (Wildman–Crippen LogP) is 0.915. The maximum atomic E-state index is 12.0. The van der Waals surface area contributed by atoms with Gasteiger partial charge in [-0.3, -0.25) is 9.69 Å². The minimum absolute atomic E-state index is 0.0126. The van der Waals surface area contributed by atoms with Gasteiger partial charge >= 0.3 is 0 Å². The highest BCUT2D eigenvalue weighted by Gasteiger charge is 2.14. The molecule has 1 N–H and O–H groups in total. The minimum Gasteiger partial charge on any atom is -0.395 e. The highest BCUT2D eigenvalue weighted by molar-refractivity contribution is 5.80. The first kappa shape index (κ1) is 13.4. The van der Waals surface area contributed by atoms with Gasteiger partial charge in [-0.25, -0.2) is 8.78 Å². The molecule has 0 radical (unpaired) electrons. The molecule has 0 saturated carbocycles. The first-order valence-corrected chi connectivity index (χ1v) is 4.73. The predicted molar refractivity (Wildman–Crippen MR) is 49.4 cm³/mol. The zero-order valence-corrected chi connectivity index (χ0v) is 8.38. The van der Waals surface area contributed by atoms with Crippen molar-refractivity contribution < 1.29 is 18.7 Å². The van der Waals surface area contributed by atoms with Gasteiger partial charge in [0.1, 0.15) is 5.78 Å². The lowest BCUT2D eigenvalue weighted by atomic mass is 10.2. The monoisotopic (exact) mass is 209 g/mol. The minimum atomic E-state index is -2.46. The van der Waals surface area contributed by atoms with Crippen molar-refractivity contribution in [3.8, 4) is 0 Å². The molecule has 0 unspecified atom stereocenters. The van der Waals surface area contributed by atoms with Crippen LogP contribution in [0.5, 0.6) is 0 Å². The molecule has 0 aromatic heterocycles. The number of rotatable bonds is 8. The van der Waals surface area contributed by atoms with E-state index in [1.807, 2.05) is 6.92 Å². The highest BCUT2D eigenvalue weighted by Crippen LogP contribution is 2.00. The Morgan fingerprint density at radius 3 is 2.57 bits per heavy atom. The van der Waals surface area contributed by atoms with Crippen LogP contribution in [-0.2, 0) is 4.79 Å². The zero-order valence-electron chi connectivity index (χ0n) is 8.38. The molecule has 0 aliphatic carbocycles. The summed E-state index contributed by atoms with van der Waals surface area (Å²) in [5.41, 5.74) is 0. The molecule has 14 heavy (non-hydrogen) atoms. The van der Waals surface area contributed by atoms with Crippen molar-refractivity contribution in [1.29, 1.82) is 0 Å². The molecule has 5 heteroatoms. The number of hydrogen-bond acceptors (Lipinski definition) is 3. The van der Waals surface area contributed by atoms with Gasteiger partial charge in [-0.15, -0.1) is 0 Å². The van der Waals surface area contributed by atoms with Gasteiger partial charge in [0.25, 0.3) is 6.43 Å². The number of nitrogens with zero attached hydrogens (tertiary/aromatic N) is 1. The largest absolute Gasteiger partial charge is 0.395 e. The van der Waals surface area contributed by atoms with Crippen molar-refractivity contribution in [2.45, 2.75) is 26.2 Å². The Labute approximate surface area is 82.7 Å². The summed E-state index contributed by atoms with van der Waals surface area (Å²) in [6.07, 6.45) is -1.33. The normalized spacial score (nSPS) is 11.3. The summed E-state index contributed by atoms with van der Waals surface area (Å²) in [7, 11) is 0. The number of carbonyl (C=O) groups is 1. The van der Waals surface area contributed by atoms with Crippen molar-refractivity contribution in [2.75, 3.05) is 26.2 Å². The molecule has 0 saturated heterocycles. The van der Waals surface area contributed by atoms with Crippen molar-refractivity contribution in [3.63, 3.8) is 0 Å². The Bertz CT molecular complexity index is 165. The summed E-state index contributed by atoms with van der Waals surface area (Å²) in [5, 5.41) is 8.59. The molecule has 3 nitrogen and oxygen atoms in total. The Hall–Kier alpha value is -0.550. The van der Waals surface area contributed by atoms with Gasteiger partial charge in [-0.2, -0.15) is 0 Å². The van der Waals surface area contributed by atoms with Crippen molar-refractivity contribution in [3.05, 3.63) is 0 Å². The van der Waals surface area contributed by atoms with E-state index in [-0.39, 0.29) is 25.5 Å². The Morgan fingerprint density at radius 1 is 1.50 bits per heavy atom. The van der Waals surface area contributed by atoms with E-state index in [9.17, 15) is 13.6 Å². The van der Waals surface area contributed by atoms with Gasteiger partial charge in [-0.1, -0.05) is 6.92 Å². The third-order valence-corrected chi connectivity index (χ3v) is 1.74. The van der Waals surface area contributed by atoms with Gasteiger partial charge < -0.3 is 5.11 Å².